The second-order valence-electron chi connectivity index (χ2n) is 24.4. The summed E-state index contributed by atoms with van der Waals surface area (Å²) in [7, 11) is 0. The Labute approximate surface area is 455 Å². The molecule has 6 heteroatoms. The van der Waals surface area contributed by atoms with Crippen LogP contribution in [0.15, 0.2) is 156 Å². The minimum atomic E-state index is -0.324. The highest BCUT2D eigenvalue weighted by Crippen LogP contribution is 2.61. The van der Waals surface area contributed by atoms with Crippen molar-refractivity contribution < 1.29 is 19.2 Å². The van der Waals surface area contributed by atoms with Crippen LogP contribution in [0, 0.1) is 23.7 Å². The van der Waals surface area contributed by atoms with Gasteiger partial charge in [0.25, 0.3) is 23.6 Å². The van der Waals surface area contributed by atoms with Crippen molar-refractivity contribution in [3.8, 4) is 0 Å². The van der Waals surface area contributed by atoms with Gasteiger partial charge in [0.15, 0.2) is 0 Å². The molecule has 78 heavy (non-hydrogen) atoms. The van der Waals surface area contributed by atoms with Gasteiger partial charge in [0.05, 0.1) is 11.4 Å². The molecule has 9 aliphatic rings. The van der Waals surface area contributed by atoms with E-state index in [0.717, 1.165) is 46.5 Å². The Morgan fingerprint density at radius 2 is 0.603 bits per heavy atom. The number of amides is 4. The van der Waals surface area contributed by atoms with E-state index in [1.165, 1.54) is 98.1 Å². The van der Waals surface area contributed by atoms with Crippen molar-refractivity contribution in [3.63, 3.8) is 0 Å². The third-order valence-corrected chi connectivity index (χ3v) is 18.9. The normalized spacial score (nSPS) is 22.1. The molecule has 0 aromatic heterocycles. The molecule has 4 atom stereocenters. The van der Waals surface area contributed by atoms with E-state index in [2.05, 4.69) is 165 Å². The van der Waals surface area contributed by atoms with Crippen molar-refractivity contribution in [2.24, 2.45) is 23.7 Å². The number of imide groups is 2. The van der Waals surface area contributed by atoms with Gasteiger partial charge in [-0.3, -0.25) is 19.2 Å². The average Bonchev–Trinajstić information content (AvgIpc) is 3.79. The Balaban J connectivity index is 0.765. The van der Waals surface area contributed by atoms with Crippen LogP contribution in [-0.2, 0) is 32.0 Å². The Morgan fingerprint density at radius 3 is 0.885 bits per heavy atom. The summed E-state index contributed by atoms with van der Waals surface area (Å²) in [5.74, 6) is -1.12. The average molecular weight is 1020 g/mol. The highest BCUT2D eigenvalue weighted by molar-refractivity contribution is 6.32. The van der Waals surface area contributed by atoms with E-state index in [4.69, 9.17) is 0 Å². The smallest absolute Gasteiger partial charge is 0.261 e. The zero-order valence-corrected chi connectivity index (χ0v) is 45.4. The Morgan fingerprint density at radius 1 is 0.346 bits per heavy atom. The molecule has 0 N–H and O–H groups in total. The Hall–Kier alpha value is -8.22. The van der Waals surface area contributed by atoms with E-state index >= 15 is 0 Å². The van der Waals surface area contributed by atoms with Crippen LogP contribution < -0.4 is 9.80 Å². The number of para-hydroxylation sites is 2. The van der Waals surface area contributed by atoms with Crippen LogP contribution in [0.4, 0.5) is 11.4 Å². The monoisotopic (exact) mass is 1020 g/mol. The molecular formula is C72H60N2O4. The summed E-state index contributed by atoms with van der Waals surface area (Å²) in [5, 5.41) is 4.72. The summed E-state index contributed by atoms with van der Waals surface area (Å²) >= 11 is 0. The number of nitrogens with zero attached hydrogens (tertiary/aromatic N) is 2. The van der Waals surface area contributed by atoms with E-state index in [-0.39, 0.29) is 71.0 Å². The molecule has 2 fully saturated rings. The van der Waals surface area contributed by atoms with Crippen LogP contribution in [-0.4, -0.2) is 23.6 Å². The van der Waals surface area contributed by atoms with Crippen molar-refractivity contribution in [2.45, 2.75) is 91.9 Å². The molecule has 7 aliphatic carbocycles. The first kappa shape index (κ1) is 47.0. The van der Waals surface area contributed by atoms with Crippen molar-refractivity contribution in [1.29, 1.82) is 0 Å². The van der Waals surface area contributed by atoms with Crippen molar-refractivity contribution >= 4 is 91.0 Å². The second-order valence-corrected chi connectivity index (χ2v) is 24.4. The third-order valence-electron chi connectivity index (χ3n) is 18.9. The molecule has 0 radical (unpaired) electrons. The molecule has 6 nitrogen and oxygen atoms in total. The molecule has 2 aliphatic heterocycles. The zero-order chi connectivity index (χ0) is 53.5. The maximum Gasteiger partial charge on any atom is 0.261 e. The number of carbonyl (C=O) groups is 4. The standard InChI is InChI=1S/C72H60N2O4/c1-35(2)47-11-9-12-48(36(3)4)67(47)73-69(75)55-23-19-51-59-31-43-27-39-15-17-41-29-45-33-61-53-21-25-57-66-58(72(78)74(71(57)77)68-49(37(5)6)13-10-14-50(68)38(7)8)26-22-54(64(53)66)62(61)34-46(45)30-42(41)18-16-40(39)28-44(43)32-60(59)52-20-24-56(70(73)76)65(55)63(51)52/h9-15,17,19-38,63-66H,16,18H2,1-8H3. The summed E-state index contributed by atoms with van der Waals surface area (Å²) < 4.78 is 0. The summed E-state index contributed by atoms with van der Waals surface area (Å²) in [5.41, 5.74) is 22.8. The SMILES string of the molecule is CC(C)c1cccc(C(C)C)c1N1C(=O)C2=CC=C3c4cc5cc6c(cc5cc4C4=CC=C(C1=O)C2C34)CCc1cc2cc3c(cc2cc1C=C6)C1=CC=C2C(=O)N(c4c(C(C)C)cccc4C(C)C)C(=O)C4=CC=C3C1C24. The summed E-state index contributed by atoms with van der Waals surface area (Å²) in [4.78, 5) is 62.2. The first-order valence-electron chi connectivity index (χ1n) is 28.3. The number of anilines is 2. The van der Waals surface area contributed by atoms with Gasteiger partial charge in [0, 0.05) is 46.0 Å². The molecular weight excluding hydrogens is 957 g/mol. The lowest BCUT2D eigenvalue weighted by Gasteiger charge is -2.42. The summed E-state index contributed by atoms with van der Waals surface area (Å²) in [6.07, 6.45) is 23.0. The molecule has 6 aromatic carbocycles. The number of allylic oxidation sites excluding steroid dienone is 12. The van der Waals surface area contributed by atoms with Gasteiger partial charge in [-0.25, -0.2) is 9.80 Å². The molecule has 382 valence electrons. The van der Waals surface area contributed by atoms with E-state index in [1.54, 1.807) is 0 Å². The van der Waals surface area contributed by atoms with Crippen LogP contribution in [0.2, 0.25) is 0 Å². The van der Waals surface area contributed by atoms with Crippen LogP contribution in [0.25, 0.3) is 56.0 Å². The fourth-order valence-electron chi connectivity index (χ4n) is 15.1. The molecule has 2 heterocycles. The van der Waals surface area contributed by atoms with Crippen LogP contribution in [0.3, 0.4) is 0 Å². The van der Waals surface area contributed by atoms with Gasteiger partial charge in [0.2, 0.25) is 0 Å². The van der Waals surface area contributed by atoms with Gasteiger partial charge < -0.3 is 0 Å². The minimum absolute atomic E-state index is 0.0942. The highest BCUT2D eigenvalue weighted by Gasteiger charge is 2.54. The summed E-state index contributed by atoms with van der Waals surface area (Å²) in [6.45, 7) is 17.0. The first-order chi connectivity index (χ1) is 37.7. The van der Waals surface area contributed by atoms with Crippen LogP contribution in [0.1, 0.15) is 146 Å². The number of carbonyl (C=O) groups excluding carboxylic acids is 4. The number of aryl methyl sites for hydroxylation is 2. The number of piperidine rings is 2. The van der Waals surface area contributed by atoms with Gasteiger partial charge in [-0.2, -0.15) is 0 Å². The molecule has 0 saturated carbocycles. The van der Waals surface area contributed by atoms with Crippen LogP contribution >= 0.6 is 0 Å². The van der Waals surface area contributed by atoms with E-state index in [0.29, 0.717) is 22.3 Å². The maximum absolute atomic E-state index is 14.8. The third kappa shape index (κ3) is 6.37. The van der Waals surface area contributed by atoms with Gasteiger partial charge in [-0.15, -0.1) is 0 Å². The molecule has 4 unspecified atom stereocenters. The Bertz CT molecular complexity index is 3880. The van der Waals surface area contributed by atoms with Gasteiger partial charge in [-0.05, 0) is 184 Å². The first-order valence-corrected chi connectivity index (χ1v) is 28.3. The topological polar surface area (TPSA) is 74.8 Å². The molecule has 6 aromatic rings. The number of hydrogen-bond donors (Lipinski definition) is 0. The maximum atomic E-state index is 14.8. The number of fused-ring (bicyclic) bond motifs is 10. The molecule has 0 spiro atoms. The van der Waals surface area contributed by atoms with E-state index in [9.17, 15) is 19.2 Å². The van der Waals surface area contributed by atoms with E-state index in [1.807, 2.05) is 36.4 Å². The number of rotatable bonds is 6. The van der Waals surface area contributed by atoms with Gasteiger partial charge in [0.1, 0.15) is 0 Å². The number of benzene rings is 6. The molecule has 2 saturated heterocycles. The number of hydrogen-bond acceptors (Lipinski definition) is 4. The lowest BCUT2D eigenvalue weighted by molar-refractivity contribution is -0.126. The fraction of sp³-hybridized carbons (Fsp3) is 0.250. The summed E-state index contributed by atoms with van der Waals surface area (Å²) in [6, 6.07) is 31.2. The van der Waals surface area contributed by atoms with Crippen molar-refractivity contribution in [2.75, 3.05) is 9.80 Å². The highest BCUT2D eigenvalue weighted by atomic mass is 16.2. The Kier molecular flexibility index (Phi) is 10.0. The molecule has 0 bridgehead atoms. The molecule has 15 rings (SSSR count). The van der Waals surface area contributed by atoms with E-state index < -0.39 is 0 Å². The largest absolute Gasteiger partial charge is 0.269 e. The minimum Gasteiger partial charge on any atom is -0.269 e. The second kappa shape index (κ2) is 16.6. The van der Waals surface area contributed by atoms with Gasteiger partial charge in [-0.1, -0.05) is 165 Å². The molecule has 4 amide bonds. The zero-order valence-electron chi connectivity index (χ0n) is 45.4. The predicted octanol–water partition coefficient (Wildman–Crippen LogP) is 15.7. The van der Waals surface area contributed by atoms with Gasteiger partial charge >= 0.3 is 0 Å². The van der Waals surface area contributed by atoms with Crippen molar-refractivity contribution in [1.82, 2.24) is 0 Å². The lowest BCUT2D eigenvalue weighted by atomic mass is 9.67. The van der Waals surface area contributed by atoms with Crippen LogP contribution in [0.5, 0.6) is 0 Å². The quantitative estimate of drug-likeness (QED) is 0.156. The van der Waals surface area contributed by atoms with Crippen molar-refractivity contribution in [3.05, 3.63) is 223 Å². The predicted molar refractivity (Wildman–Crippen MR) is 317 cm³/mol. The lowest BCUT2D eigenvalue weighted by Crippen LogP contribution is -2.50. The fourth-order valence-corrected chi connectivity index (χ4v) is 15.1.